The predicted molar refractivity (Wildman–Crippen MR) is 107 cm³/mol. The number of amides is 2. The van der Waals surface area contributed by atoms with Crippen LogP contribution in [0.4, 0.5) is 10.5 Å². The molecule has 0 spiro atoms. The molecule has 0 radical (unpaired) electrons. The van der Waals surface area contributed by atoms with Gasteiger partial charge in [0.05, 0.1) is 13.2 Å². The number of anilines is 1. The molecular formula is C20H23N3O2S. The zero-order valence-corrected chi connectivity index (χ0v) is 16.2. The summed E-state index contributed by atoms with van der Waals surface area (Å²) in [6.07, 6.45) is 4.05. The van der Waals surface area contributed by atoms with Crippen molar-refractivity contribution in [3.63, 3.8) is 0 Å². The molecule has 2 aromatic heterocycles. The van der Waals surface area contributed by atoms with Crippen molar-refractivity contribution >= 4 is 23.1 Å². The average molecular weight is 369 g/mol. The second kappa shape index (κ2) is 7.66. The van der Waals surface area contributed by atoms with Gasteiger partial charge < -0.3 is 19.9 Å². The first-order valence-corrected chi connectivity index (χ1v) is 9.26. The van der Waals surface area contributed by atoms with Crippen LogP contribution in [0.1, 0.15) is 29.0 Å². The summed E-state index contributed by atoms with van der Waals surface area (Å²) in [5.74, 6) is 0.755. The third kappa shape index (κ3) is 3.75. The van der Waals surface area contributed by atoms with Gasteiger partial charge in [-0.3, -0.25) is 0 Å². The number of thiophene rings is 1. The first-order valence-electron chi connectivity index (χ1n) is 8.44. The van der Waals surface area contributed by atoms with Crippen molar-refractivity contribution in [2.24, 2.45) is 0 Å². The number of hydrogen-bond acceptors (Lipinski definition) is 3. The molecule has 0 fully saturated rings. The molecule has 26 heavy (non-hydrogen) atoms. The number of carbonyl (C=O) groups excluding carboxylic acids is 1. The van der Waals surface area contributed by atoms with Gasteiger partial charge in [0.2, 0.25) is 0 Å². The summed E-state index contributed by atoms with van der Waals surface area (Å²) < 4.78 is 7.23. The molecule has 3 rings (SSSR count). The summed E-state index contributed by atoms with van der Waals surface area (Å²) in [7, 11) is 1.62. The van der Waals surface area contributed by atoms with Crippen LogP contribution in [-0.2, 0) is 0 Å². The van der Waals surface area contributed by atoms with Crippen molar-refractivity contribution in [2.75, 3.05) is 12.4 Å². The number of nitrogens with zero attached hydrogens (tertiary/aromatic N) is 1. The van der Waals surface area contributed by atoms with Crippen LogP contribution >= 0.6 is 11.3 Å². The Bertz CT molecular complexity index is 883. The van der Waals surface area contributed by atoms with Crippen LogP contribution in [0.5, 0.6) is 5.75 Å². The molecule has 136 valence electrons. The summed E-state index contributed by atoms with van der Waals surface area (Å²) >= 11 is 1.74. The molecule has 0 saturated heterocycles. The lowest BCUT2D eigenvalue weighted by Crippen LogP contribution is -2.31. The number of carbonyl (C=O) groups is 1. The Balaban J connectivity index is 1.75. The van der Waals surface area contributed by atoms with Crippen LogP contribution in [-0.4, -0.2) is 17.7 Å². The molecule has 2 heterocycles. The lowest BCUT2D eigenvalue weighted by molar-refractivity contribution is 0.249. The number of ether oxygens (including phenoxy) is 1. The monoisotopic (exact) mass is 369 g/mol. The molecule has 0 saturated carbocycles. The highest BCUT2D eigenvalue weighted by molar-refractivity contribution is 7.14. The van der Waals surface area contributed by atoms with E-state index in [1.165, 1.54) is 10.4 Å². The van der Waals surface area contributed by atoms with Crippen LogP contribution in [0.2, 0.25) is 0 Å². The predicted octanol–water partition coefficient (Wildman–Crippen LogP) is 5.05. The summed E-state index contributed by atoms with van der Waals surface area (Å²) in [6, 6.07) is 10.9. The first kappa shape index (κ1) is 18.1. The van der Waals surface area contributed by atoms with Gasteiger partial charge in [0.15, 0.2) is 0 Å². The molecule has 0 aliphatic heterocycles. The summed E-state index contributed by atoms with van der Waals surface area (Å²) in [6.45, 7) is 6.23. The first-order chi connectivity index (χ1) is 12.5. The highest BCUT2D eigenvalue weighted by Crippen LogP contribution is 2.35. The fourth-order valence-electron chi connectivity index (χ4n) is 2.91. The number of hydrogen-bond donors (Lipinski definition) is 2. The van der Waals surface area contributed by atoms with E-state index in [-0.39, 0.29) is 12.1 Å². The van der Waals surface area contributed by atoms with Crippen molar-refractivity contribution in [1.82, 2.24) is 9.88 Å². The van der Waals surface area contributed by atoms with Crippen LogP contribution in [0.25, 0.3) is 5.00 Å². The number of rotatable bonds is 5. The lowest BCUT2D eigenvalue weighted by Gasteiger charge is -2.17. The van der Waals surface area contributed by atoms with Crippen LogP contribution < -0.4 is 15.4 Å². The maximum Gasteiger partial charge on any atom is 0.319 e. The summed E-state index contributed by atoms with van der Waals surface area (Å²) in [5, 5.41) is 7.05. The van der Waals surface area contributed by atoms with Crippen LogP contribution in [0.15, 0.2) is 48.8 Å². The minimum Gasteiger partial charge on any atom is -0.497 e. The van der Waals surface area contributed by atoms with Crippen molar-refractivity contribution in [2.45, 2.75) is 26.8 Å². The van der Waals surface area contributed by atoms with Gasteiger partial charge in [0.25, 0.3) is 0 Å². The lowest BCUT2D eigenvalue weighted by atomic mass is 10.1. The number of methoxy groups -OCH3 is 1. The maximum absolute atomic E-state index is 12.4. The van der Waals surface area contributed by atoms with Gasteiger partial charge in [-0.25, -0.2) is 4.79 Å². The van der Waals surface area contributed by atoms with Crippen molar-refractivity contribution < 1.29 is 9.53 Å². The SMILES string of the molecule is COc1ccc(NC(=O)NC(C)c2c(-n3cccc3)sc(C)c2C)cc1. The number of benzene rings is 1. The van der Waals surface area contributed by atoms with Gasteiger partial charge in [-0.15, -0.1) is 11.3 Å². The Morgan fingerprint density at radius 2 is 1.81 bits per heavy atom. The molecule has 5 nitrogen and oxygen atoms in total. The second-order valence-corrected chi connectivity index (χ2v) is 7.34. The fourth-order valence-corrected chi connectivity index (χ4v) is 4.13. The van der Waals surface area contributed by atoms with E-state index in [0.29, 0.717) is 0 Å². The van der Waals surface area contributed by atoms with E-state index in [9.17, 15) is 4.79 Å². The Kier molecular flexibility index (Phi) is 5.32. The van der Waals surface area contributed by atoms with E-state index in [1.807, 2.05) is 55.7 Å². The minimum absolute atomic E-state index is 0.115. The van der Waals surface area contributed by atoms with E-state index in [0.717, 1.165) is 22.0 Å². The van der Waals surface area contributed by atoms with E-state index in [2.05, 4.69) is 29.0 Å². The van der Waals surface area contributed by atoms with Crippen molar-refractivity contribution in [3.8, 4) is 10.8 Å². The normalized spacial score (nSPS) is 11.8. The zero-order chi connectivity index (χ0) is 18.7. The third-order valence-electron chi connectivity index (χ3n) is 4.38. The second-order valence-electron chi connectivity index (χ2n) is 6.14. The Labute approximate surface area is 157 Å². The molecule has 6 heteroatoms. The molecule has 1 atom stereocenters. The molecule has 0 bridgehead atoms. The molecule has 0 aliphatic rings. The topological polar surface area (TPSA) is 55.3 Å². The van der Waals surface area contributed by atoms with Gasteiger partial charge in [0.1, 0.15) is 10.8 Å². The molecule has 2 amide bonds. The highest BCUT2D eigenvalue weighted by atomic mass is 32.1. The molecule has 2 N–H and O–H groups in total. The van der Waals surface area contributed by atoms with Gasteiger partial charge in [0, 0.05) is 28.5 Å². The largest absolute Gasteiger partial charge is 0.497 e. The molecule has 1 unspecified atom stereocenters. The number of nitrogens with one attached hydrogen (secondary N) is 2. The molecule has 3 aromatic rings. The zero-order valence-electron chi connectivity index (χ0n) is 15.4. The van der Waals surface area contributed by atoms with Gasteiger partial charge >= 0.3 is 6.03 Å². The number of urea groups is 1. The van der Waals surface area contributed by atoms with Crippen LogP contribution in [0, 0.1) is 13.8 Å². The van der Waals surface area contributed by atoms with Gasteiger partial charge in [-0.1, -0.05) is 0 Å². The number of aryl methyl sites for hydroxylation is 1. The van der Waals surface area contributed by atoms with Gasteiger partial charge in [-0.05, 0) is 62.7 Å². The molecular weight excluding hydrogens is 346 g/mol. The Morgan fingerprint density at radius 1 is 1.15 bits per heavy atom. The standard InChI is InChI=1S/C20H23N3O2S/c1-13-15(3)26-19(23-11-5-6-12-23)18(13)14(2)21-20(24)22-16-7-9-17(25-4)10-8-16/h5-12,14H,1-4H3,(H2,21,22,24). The number of aromatic nitrogens is 1. The average Bonchev–Trinajstić information content (AvgIpc) is 3.24. The third-order valence-corrected chi connectivity index (χ3v) is 5.62. The molecule has 0 aliphatic carbocycles. The van der Waals surface area contributed by atoms with E-state index in [1.54, 1.807) is 18.4 Å². The summed E-state index contributed by atoms with van der Waals surface area (Å²) in [4.78, 5) is 13.7. The quantitative estimate of drug-likeness (QED) is 0.661. The Morgan fingerprint density at radius 3 is 2.42 bits per heavy atom. The van der Waals surface area contributed by atoms with Gasteiger partial charge in [-0.2, -0.15) is 0 Å². The van der Waals surface area contributed by atoms with E-state index >= 15 is 0 Å². The van der Waals surface area contributed by atoms with Crippen LogP contribution in [0.3, 0.4) is 0 Å². The van der Waals surface area contributed by atoms with E-state index in [4.69, 9.17) is 4.74 Å². The maximum atomic E-state index is 12.4. The minimum atomic E-state index is -0.232. The highest BCUT2D eigenvalue weighted by Gasteiger charge is 2.20. The smallest absolute Gasteiger partial charge is 0.319 e. The molecule has 1 aromatic carbocycles. The fraction of sp³-hybridized carbons (Fsp3) is 0.250. The van der Waals surface area contributed by atoms with Crippen molar-refractivity contribution in [1.29, 1.82) is 0 Å². The van der Waals surface area contributed by atoms with Crippen molar-refractivity contribution in [3.05, 3.63) is 64.8 Å². The Hall–Kier alpha value is -2.73. The summed E-state index contributed by atoms with van der Waals surface area (Å²) in [5.41, 5.74) is 3.09. The van der Waals surface area contributed by atoms with E-state index < -0.39 is 0 Å².